The molecular weight excluding hydrogens is 248 g/mol. The molecule has 0 aliphatic heterocycles. The fourth-order valence-corrected chi connectivity index (χ4v) is 3.30. The molecule has 0 saturated carbocycles. The second-order valence-corrected chi connectivity index (χ2v) is 6.03. The Balaban J connectivity index is 1.93. The number of thiazole rings is 1. The smallest absolute Gasteiger partial charge is 0.206 e. The summed E-state index contributed by atoms with van der Waals surface area (Å²) in [6.45, 7) is 2.02. The number of hydrogen-bond donors (Lipinski definition) is 1. The second kappa shape index (κ2) is 4.91. The zero-order chi connectivity index (χ0) is 10.7. The maximum absolute atomic E-state index is 4.39. The van der Waals surface area contributed by atoms with Gasteiger partial charge in [0.25, 0.3) is 0 Å². The first-order valence-corrected chi connectivity index (χ1v) is 7.01. The number of nitrogens with one attached hydrogen (secondary N) is 1. The van der Waals surface area contributed by atoms with Gasteiger partial charge in [-0.3, -0.25) is 0 Å². The topological polar surface area (TPSA) is 50.7 Å². The van der Waals surface area contributed by atoms with Crippen LogP contribution in [0.1, 0.15) is 10.7 Å². The summed E-state index contributed by atoms with van der Waals surface area (Å²) in [4.78, 5) is 4.39. The van der Waals surface area contributed by atoms with Crippen LogP contribution in [0.5, 0.6) is 0 Å². The van der Waals surface area contributed by atoms with Crippen LogP contribution in [0.2, 0.25) is 0 Å². The summed E-state index contributed by atoms with van der Waals surface area (Å²) in [6, 6.07) is 0. The van der Waals surface area contributed by atoms with Gasteiger partial charge in [-0.15, -0.1) is 21.5 Å². The lowest BCUT2D eigenvalue weighted by Crippen LogP contribution is -1.84. The van der Waals surface area contributed by atoms with Crippen LogP contribution in [0.4, 0.5) is 5.13 Å². The molecule has 2 rings (SSSR count). The molecule has 0 radical (unpaired) electrons. The molecule has 0 amide bonds. The highest BCUT2D eigenvalue weighted by Crippen LogP contribution is 2.28. The minimum absolute atomic E-state index is 0.854. The lowest BCUT2D eigenvalue weighted by atomic mass is 10.6. The van der Waals surface area contributed by atoms with Crippen molar-refractivity contribution in [2.24, 2.45) is 0 Å². The monoisotopic (exact) mass is 258 g/mol. The summed E-state index contributed by atoms with van der Waals surface area (Å²) in [5.74, 6) is 0.864. The highest BCUT2D eigenvalue weighted by Gasteiger charge is 2.05. The molecule has 0 aliphatic rings. The Morgan fingerprint density at radius 2 is 2.33 bits per heavy atom. The van der Waals surface area contributed by atoms with Crippen molar-refractivity contribution >= 4 is 39.6 Å². The van der Waals surface area contributed by atoms with Crippen LogP contribution >= 0.6 is 34.4 Å². The van der Waals surface area contributed by atoms with Crippen molar-refractivity contribution in [3.05, 3.63) is 16.1 Å². The van der Waals surface area contributed by atoms with Gasteiger partial charge in [0.2, 0.25) is 5.13 Å². The lowest BCUT2D eigenvalue weighted by Gasteiger charge is -1.91. The zero-order valence-corrected chi connectivity index (χ0v) is 10.8. The van der Waals surface area contributed by atoms with Gasteiger partial charge in [-0.05, 0) is 6.92 Å². The third-order valence-electron chi connectivity index (χ3n) is 1.63. The molecule has 0 aliphatic carbocycles. The summed E-state index contributed by atoms with van der Waals surface area (Å²) < 4.78 is 0.977. The number of aromatic nitrogens is 3. The number of anilines is 1. The van der Waals surface area contributed by atoms with E-state index in [1.54, 1.807) is 34.4 Å². The van der Waals surface area contributed by atoms with Gasteiger partial charge in [-0.1, -0.05) is 23.1 Å². The molecule has 0 bridgehead atoms. The highest BCUT2D eigenvalue weighted by molar-refractivity contribution is 8.00. The molecule has 2 aromatic heterocycles. The first-order chi connectivity index (χ1) is 7.28. The van der Waals surface area contributed by atoms with Gasteiger partial charge in [0.05, 0.1) is 10.7 Å². The maximum Gasteiger partial charge on any atom is 0.206 e. The highest BCUT2D eigenvalue weighted by atomic mass is 32.2. The SMILES string of the molecule is CNc1nnc(SCc2csc(C)n2)s1. The summed E-state index contributed by atoms with van der Waals surface area (Å²) >= 11 is 4.92. The van der Waals surface area contributed by atoms with Crippen LogP contribution in [-0.4, -0.2) is 22.2 Å². The van der Waals surface area contributed by atoms with E-state index in [0.29, 0.717) is 0 Å². The molecule has 15 heavy (non-hydrogen) atoms. The van der Waals surface area contributed by atoms with Gasteiger partial charge in [0, 0.05) is 18.2 Å². The zero-order valence-electron chi connectivity index (χ0n) is 8.35. The molecule has 0 unspecified atom stereocenters. The molecule has 1 N–H and O–H groups in total. The first-order valence-electron chi connectivity index (χ1n) is 4.33. The average molecular weight is 258 g/mol. The van der Waals surface area contributed by atoms with Gasteiger partial charge in [0.1, 0.15) is 0 Å². The minimum Gasteiger partial charge on any atom is -0.363 e. The number of nitrogens with zero attached hydrogens (tertiary/aromatic N) is 3. The Hall–Kier alpha value is -0.660. The van der Waals surface area contributed by atoms with Crippen LogP contribution < -0.4 is 5.32 Å². The van der Waals surface area contributed by atoms with Crippen LogP contribution in [0, 0.1) is 6.92 Å². The van der Waals surface area contributed by atoms with E-state index < -0.39 is 0 Å². The third-order valence-corrected chi connectivity index (χ3v) is 4.56. The molecule has 0 saturated heterocycles. The molecule has 4 nitrogen and oxygen atoms in total. The second-order valence-electron chi connectivity index (χ2n) is 2.77. The largest absolute Gasteiger partial charge is 0.363 e. The number of thioether (sulfide) groups is 1. The van der Waals surface area contributed by atoms with Crippen molar-refractivity contribution in [2.45, 2.75) is 17.0 Å². The molecule has 0 atom stereocenters. The van der Waals surface area contributed by atoms with E-state index in [2.05, 4.69) is 25.9 Å². The average Bonchev–Trinajstić information content (AvgIpc) is 2.83. The summed E-state index contributed by atoms with van der Waals surface area (Å²) in [5, 5.41) is 15.0. The molecule has 7 heteroatoms. The van der Waals surface area contributed by atoms with Crippen molar-refractivity contribution in [2.75, 3.05) is 12.4 Å². The quantitative estimate of drug-likeness (QED) is 0.854. The van der Waals surface area contributed by atoms with Crippen molar-refractivity contribution in [3.63, 3.8) is 0 Å². The number of aryl methyl sites for hydroxylation is 1. The van der Waals surface area contributed by atoms with Crippen LogP contribution in [-0.2, 0) is 5.75 Å². The first kappa shape index (κ1) is 10.8. The Bertz CT molecular complexity index is 437. The third kappa shape index (κ3) is 2.90. The van der Waals surface area contributed by atoms with E-state index in [0.717, 1.165) is 25.9 Å². The molecule has 2 heterocycles. The molecular formula is C8H10N4S3. The van der Waals surface area contributed by atoms with Crippen LogP contribution in [0.3, 0.4) is 0 Å². The molecule has 80 valence electrons. The number of hydrogen-bond acceptors (Lipinski definition) is 7. The van der Waals surface area contributed by atoms with Gasteiger partial charge in [-0.25, -0.2) is 4.98 Å². The Morgan fingerprint density at radius 3 is 2.93 bits per heavy atom. The van der Waals surface area contributed by atoms with E-state index in [-0.39, 0.29) is 0 Å². The van der Waals surface area contributed by atoms with Crippen molar-refractivity contribution in [1.82, 2.24) is 15.2 Å². The van der Waals surface area contributed by atoms with Crippen molar-refractivity contribution < 1.29 is 0 Å². The van der Waals surface area contributed by atoms with E-state index in [9.17, 15) is 0 Å². The molecule has 0 fully saturated rings. The summed E-state index contributed by atoms with van der Waals surface area (Å²) in [7, 11) is 1.85. The fraction of sp³-hybridized carbons (Fsp3) is 0.375. The Labute approximate surface area is 100 Å². The Kier molecular flexibility index (Phi) is 3.55. The van der Waals surface area contributed by atoms with Crippen LogP contribution in [0.15, 0.2) is 9.72 Å². The fourth-order valence-electron chi connectivity index (χ4n) is 0.979. The van der Waals surface area contributed by atoms with E-state index >= 15 is 0 Å². The van der Waals surface area contributed by atoms with Crippen molar-refractivity contribution in [1.29, 1.82) is 0 Å². The summed E-state index contributed by atoms with van der Waals surface area (Å²) in [5.41, 5.74) is 1.11. The summed E-state index contributed by atoms with van der Waals surface area (Å²) in [6.07, 6.45) is 0. The molecule has 0 aromatic carbocycles. The van der Waals surface area contributed by atoms with Gasteiger partial charge >= 0.3 is 0 Å². The Morgan fingerprint density at radius 1 is 1.47 bits per heavy atom. The number of rotatable bonds is 4. The molecule has 2 aromatic rings. The van der Waals surface area contributed by atoms with E-state index in [4.69, 9.17) is 0 Å². The molecule has 0 spiro atoms. The van der Waals surface area contributed by atoms with Gasteiger partial charge < -0.3 is 5.32 Å². The van der Waals surface area contributed by atoms with Crippen LogP contribution in [0.25, 0.3) is 0 Å². The minimum atomic E-state index is 0.854. The van der Waals surface area contributed by atoms with E-state index in [1.165, 1.54) is 0 Å². The van der Waals surface area contributed by atoms with E-state index in [1.807, 2.05) is 14.0 Å². The maximum atomic E-state index is 4.39. The standard InChI is InChI=1S/C8H10N4S3/c1-5-10-6(3-13-5)4-14-8-12-11-7(9-2)15-8/h3H,4H2,1-2H3,(H,9,11). The van der Waals surface area contributed by atoms with Gasteiger partial charge in [-0.2, -0.15) is 0 Å². The normalized spacial score (nSPS) is 10.5. The van der Waals surface area contributed by atoms with Crippen molar-refractivity contribution in [3.8, 4) is 0 Å². The van der Waals surface area contributed by atoms with Gasteiger partial charge in [0.15, 0.2) is 4.34 Å². The predicted octanol–water partition coefficient (Wildman–Crippen LogP) is 2.64. The lowest BCUT2D eigenvalue weighted by molar-refractivity contribution is 1.01. The predicted molar refractivity (Wildman–Crippen MR) is 65.9 cm³/mol.